The minimum atomic E-state index is 0.415. The van der Waals surface area contributed by atoms with Crippen molar-refractivity contribution in [1.82, 2.24) is 15.1 Å². The maximum absolute atomic E-state index is 3.48. The van der Waals surface area contributed by atoms with Gasteiger partial charge in [0.05, 0.1) is 0 Å². The SMILES string of the molecule is CNC(CN1CC(C)N(C)C(C)C1)c1cccc(C)c1. The number of nitrogens with one attached hydrogen (secondary N) is 1. The third-order valence-corrected chi connectivity index (χ3v) is 4.67. The predicted octanol–water partition coefficient (Wildman–Crippen LogP) is 2.28. The highest BCUT2D eigenvalue weighted by Crippen LogP contribution is 2.19. The van der Waals surface area contributed by atoms with Crippen molar-refractivity contribution in [2.45, 2.75) is 38.9 Å². The minimum absolute atomic E-state index is 0.415. The zero-order chi connectivity index (χ0) is 14.7. The van der Waals surface area contributed by atoms with E-state index in [1.165, 1.54) is 11.1 Å². The molecule has 1 fully saturated rings. The molecule has 3 nitrogen and oxygen atoms in total. The molecule has 0 aromatic heterocycles. The second kappa shape index (κ2) is 6.70. The lowest BCUT2D eigenvalue weighted by Crippen LogP contribution is -2.56. The van der Waals surface area contributed by atoms with E-state index in [1.807, 2.05) is 0 Å². The van der Waals surface area contributed by atoms with Crippen molar-refractivity contribution in [1.29, 1.82) is 0 Å². The van der Waals surface area contributed by atoms with Crippen molar-refractivity contribution < 1.29 is 0 Å². The molecule has 0 radical (unpaired) electrons. The number of likely N-dealkylation sites (N-methyl/N-ethyl adjacent to an activating group) is 2. The van der Waals surface area contributed by atoms with E-state index in [2.05, 4.69) is 74.2 Å². The second-order valence-electron chi connectivity index (χ2n) is 6.34. The summed E-state index contributed by atoms with van der Waals surface area (Å²) in [4.78, 5) is 5.08. The Labute approximate surface area is 124 Å². The van der Waals surface area contributed by atoms with Gasteiger partial charge in [-0.2, -0.15) is 0 Å². The van der Waals surface area contributed by atoms with E-state index in [1.54, 1.807) is 0 Å². The van der Waals surface area contributed by atoms with Crippen molar-refractivity contribution in [2.24, 2.45) is 0 Å². The summed E-state index contributed by atoms with van der Waals surface area (Å²) in [7, 11) is 4.30. The van der Waals surface area contributed by atoms with E-state index in [0.29, 0.717) is 18.1 Å². The number of nitrogens with zero attached hydrogens (tertiary/aromatic N) is 2. The van der Waals surface area contributed by atoms with Gasteiger partial charge >= 0.3 is 0 Å². The normalized spacial score (nSPS) is 26.6. The third kappa shape index (κ3) is 3.60. The zero-order valence-corrected chi connectivity index (χ0v) is 13.6. The summed E-state index contributed by atoms with van der Waals surface area (Å²) in [6, 6.07) is 10.5. The van der Waals surface area contributed by atoms with Crippen LogP contribution in [0.15, 0.2) is 24.3 Å². The van der Waals surface area contributed by atoms with Crippen LogP contribution in [0.25, 0.3) is 0 Å². The van der Waals surface area contributed by atoms with Gasteiger partial charge in [-0.05, 0) is 40.4 Å². The first kappa shape index (κ1) is 15.5. The highest BCUT2D eigenvalue weighted by Gasteiger charge is 2.27. The molecule has 3 atom stereocenters. The average Bonchev–Trinajstić information content (AvgIpc) is 2.42. The number of hydrogen-bond donors (Lipinski definition) is 1. The Hall–Kier alpha value is -0.900. The van der Waals surface area contributed by atoms with Crippen molar-refractivity contribution >= 4 is 0 Å². The van der Waals surface area contributed by atoms with Gasteiger partial charge in [-0.1, -0.05) is 29.8 Å². The van der Waals surface area contributed by atoms with E-state index < -0.39 is 0 Å². The average molecular weight is 275 g/mol. The molecular formula is C17H29N3. The highest BCUT2D eigenvalue weighted by atomic mass is 15.3. The Morgan fingerprint density at radius 1 is 1.25 bits per heavy atom. The van der Waals surface area contributed by atoms with Gasteiger partial charge in [-0.25, -0.2) is 0 Å². The van der Waals surface area contributed by atoms with Gasteiger partial charge in [0.2, 0.25) is 0 Å². The Bertz CT molecular complexity index is 420. The number of aryl methyl sites for hydroxylation is 1. The Kier molecular flexibility index (Phi) is 5.19. The predicted molar refractivity (Wildman–Crippen MR) is 86.1 cm³/mol. The molecule has 3 heteroatoms. The molecule has 112 valence electrons. The van der Waals surface area contributed by atoms with Gasteiger partial charge in [-0.15, -0.1) is 0 Å². The summed E-state index contributed by atoms with van der Waals surface area (Å²) in [6.45, 7) is 10.2. The standard InChI is InChI=1S/C17H29N3/c1-13-7-6-8-16(9-13)17(18-4)12-20-10-14(2)19(5)15(3)11-20/h6-9,14-15,17-18H,10-12H2,1-5H3. The first-order valence-corrected chi connectivity index (χ1v) is 7.69. The molecule has 0 spiro atoms. The summed E-state index contributed by atoms with van der Waals surface area (Å²) in [5.41, 5.74) is 2.73. The van der Waals surface area contributed by atoms with E-state index in [9.17, 15) is 0 Å². The molecule has 2 rings (SSSR count). The Balaban J connectivity index is 2.03. The van der Waals surface area contributed by atoms with Gasteiger partial charge in [0.25, 0.3) is 0 Å². The van der Waals surface area contributed by atoms with Crippen molar-refractivity contribution in [3.05, 3.63) is 35.4 Å². The Morgan fingerprint density at radius 2 is 1.90 bits per heavy atom. The topological polar surface area (TPSA) is 18.5 Å². The van der Waals surface area contributed by atoms with Crippen molar-refractivity contribution in [2.75, 3.05) is 33.7 Å². The van der Waals surface area contributed by atoms with Gasteiger partial charge in [-0.3, -0.25) is 9.80 Å². The van der Waals surface area contributed by atoms with Gasteiger partial charge in [0.1, 0.15) is 0 Å². The zero-order valence-electron chi connectivity index (χ0n) is 13.6. The monoisotopic (exact) mass is 275 g/mol. The van der Waals surface area contributed by atoms with Crippen LogP contribution in [0.4, 0.5) is 0 Å². The highest BCUT2D eigenvalue weighted by molar-refractivity contribution is 5.25. The molecular weight excluding hydrogens is 246 g/mol. The molecule has 0 aliphatic carbocycles. The van der Waals surface area contributed by atoms with Crippen LogP contribution >= 0.6 is 0 Å². The number of piperazine rings is 1. The lowest BCUT2D eigenvalue weighted by molar-refractivity contribution is 0.0547. The maximum Gasteiger partial charge on any atom is 0.0446 e. The molecule has 3 unspecified atom stereocenters. The van der Waals surface area contributed by atoms with Crippen LogP contribution in [0.2, 0.25) is 0 Å². The lowest BCUT2D eigenvalue weighted by atomic mass is 10.0. The van der Waals surface area contributed by atoms with E-state index >= 15 is 0 Å². The van der Waals surface area contributed by atoms with Crippen LogP contribution in [0.1, 0.15) is 31.0 Å². The molecule has 1 aliphatic rings. The van der Waals surface area contributed by atoms with Crippen molar-refractivity contribution in [3.63, 3.8) is 0 Å². The van der Waals surface area contributed by atoms with Crippen LogP contribution < -0.4 is 5.32 Å². The molecule has 1 aromatic carbocycles. The van der Waals surface area contributed by atoms with E-state index in [0.717, 1.165) is 19.6 Å². The maximum atomic E-state index is 3.48. The molecule has 0 saturated carbocycles. The number of benzene rings is 1. The summed E-state index contributed by atoms with van der Waals surface area (Å²) < 4.78 is 0. The molecule has 1 aliphatic heterocycles. The molecule has 0 bridgehead atoms. The number of rotatable bonds is 4. The summed E-state index contributed by atoms with van der Waals surface area (Å²) >= 11 is 0. The van der Waals surface area contributed by atoms with Crippen LogP contribution in [0, 0.1) is 6.92 Å². The number of hydrogen-bond acceptors (Lipinski definition) is 3. The lowest BCUT2D eigenvalue weighted by Gasteiger charge is -2.43. The second-order valence-corrected chi connectivity index (χ2v) is 6.34. The van der Waals surface area contributed by atoms with E-state index in [4.69, 9.17) is 0 Å². The largest absolute Gasteiger partial charge is 0.312 e. The van der Waals surface area contributed by atoms with Crippen LogP contribution in [-0.2, 0) is 0 Å². The molecule has 1 N–H and O–H groups in total. The molecule has 20 heavy (non-hydrogen) atoms. The van der Waals surface area contributed by atoms with Crippen LogP contribution in [-0.4, -0.2) is 55.6 Å². The Morgan fingerprint density at radius 3 is 2.45 bits per heavy atom. The summed E-state index contributed by atoms with van der Waals surface area (Å²) in [6.07, 6.45) is 0. The van der Waals surface area contributed by atoms with Crippen LogP contribution in [0.5, 0.6) is 0 Å². The van der Waals surface area contributed by atoms with E-state index in [-0.39, 0.29) is 0 Å². The summed E-state index contributed by atoms with van der Waals surface area (Å²) in [5, 5.41) is 3.48. The van der Waals surface area contributed by atoms with Gasteiger partial charge in [0.15, 0.2) is 0 Å². The molecule has 1 aromatic rings. The fourth-order valence-electron chi connectivity index (χ4n) is 3.17. The minimum Gasteiger partial charge on any atom is -0.312 e. The fraction of sp³-hybridized carbons (Fsp3) is 0.647. The molecule has 0 amide bonds. The van der Waals surface area contributed by atoms with Crippen molar-refractivity contribution in [3.8, 4) is 0 Å². The smallest absolute Gasteiger partial charge is 0.0446 e. The molecule has 1 saturated heterocycles. The fourth-order valence-corrected chi connectivity index (χ4v) is 3.17. The quantitative estimate of drug-likeness (QED) is 0.909. The first-order valence-electron chi connectivity index (χ1n) is 7.69. The first-order chi connectivity index (χ1) is 9.51. The summed E-state index contributed by atoms with van der Waals surface area (Å²) in [5.74, 6) is 0. The van der Waals surface area contributed by atoms with Crippen LogP contribution in [0.3, 0.4) is 0 Å². The third-order valence-electron chi connectivity index (χ3n) is 4.67. The van der Waals surface area contributed by atoms with Gasteiger partial charge < -0.3 is 5.32 Å². The molecule has 1 heterocycles. The van der Waals surface area contributed by atoms with Gasteiger partial charge in [0, 0.05) is 37.8 Å².